The molecule has 0 aromatic heterocycles. The number of hydrogen-bond donors (Lipinski definition) is 3. The number of nitrogens with one attached hydrogen (secondary N) is 2. The molecule has 0 rings (SSSR count). The van der Waals surface area contributed by atoms with E-state index >= 15 is 0 Å². The number of amides is 1. The van der Waals surface area contributed by atoms with Crippen molar-refractivity contribution in [2.24, 2.45) is 5.92 Å². The minimum atomic E-state index is -0.357. The van der Waals surface area contributed by atoms with Crippen molar-refractivity contribution < 1.29 is 9.90 Å². The molecule has 0 aliphatic carbocycles. The summed E-state index contributed by atoms with van der Waals surface area (Å²) in [4.78, 5) is 11.0. The van der Waals surface area contributed by atoms with E-state index in [1.165, 1.54) is 0 Å². The third-order valence-electron chi connectivity index (χ3n) is 1.78. The van der Waals surface area contributed by atoms with Gasteiger partial charge < -0.3 is 15.7 Å². The van der Waals surface area contributed by atoms with Gasteiger partial charge in [-0.1, -0.05) is 13.8 Å². The van der Waals surface area contributed by atoms with Crippen molar-refractivity contribution in [1.82, 2.24) is 10.6 Å². The number of aliphatic hydroxyl groups is 1. The fourth-order valence-electron chi connectivity index (χ4n) is 1.24. The molecule has 0 radical (unpaired) electrons. The van der Waals surface area contributed by atoms with E-state index in [0.717, 1.165) is 6.42 Å². The summed E-state index contributed by atoms with van der Waals surface area (Å²) in [5, 5.41) is 15.1. The highest BCUT2D eigenvalue weighted by molar-refractivity contribution is 5.77. The Hall–Kier alpha value is -0.610. The third kappa shape index (κ3) is 8.01. The van der Waals surface area contributed by atoms with E-state index < -0.39 is 0 Å². The van der Waals surface area contributed by atoms with Gasteiger partial charge in [0, 0.05) is 13.1 Å². The van der Waals surface area contributed by atoms with Crippen molar-refractivity contribution in [2.45, 2.75) is 33.3 Å². The van der Waals surface area contributed by atoms with Crippen molar-refractivity contribution in [3.8, 4) is 0 Å². The topological polar surface area (TPSA) is 61.4 Å². The molecule has 0 saturated heterocycles. The number of carbonyl (C=O) groups is 1. The molecule has 1 amide bonds. The van der Waals surface area contributed by atoms with Crippen molar-refractivity contribution in [1.29, 1.82) is 0 Å². The van der Waals surface area contributed by atoms with E-state index in [2.05, 4.69) is 24.5 Å². The van der Waals surface area contributed by atoms with E-state index in [9.17, 15) is 9.90 Å². The second-order valence-corrected chi connectivity index (χ2v) is 3.87. The molecule has 4 nitrogen and oxygen atoms in total. The van der Waals surface area contributed by atoms with Crippen LogP contribution in [0.15, 0.2) is 0 Å². The van der Waals surface area contributed by atoms with Crippen LogP contribution in [0.4, 0.5) is 0 Å². The highest BCUT2D eigenvalue weighted by Gasteiger charge is 2.06. The zero-order chi connectivity index (χ0) is 11.0. The van der Waals surface area contributed by atoms with E-state index in [1.54, 1.807) is 0 Å². The molecule has 0 heterocycles. The quantitative estimate of drug-likeness (QED) is 0.549. The van der Waals surface area contributed by atoms with Crippen molar-refractivity contribution in [2.75, 3.05) is 19.6 Å². The molecule has 4 heteroatoms. The predicted molar refractivity (Wildman–Crippen MR) is 57.0 cm³/mol. The molecule has 1 atom stereocenters. The molecule has 0 bridgehead atoms. The van der Waals surface area contributed by atoms with Gasteiger partial charge in [0.1, 0.15) is 0 Å². The fraction of sp³-hybridized carbons (Fsp3) is 0.900. The normalized spacial score (nSPS) is 12.9. The Kier molecular flexibility index (Phi) is 7.42. The average Bonchev–Trinajstić information content (AvgIpc) is 2.02. The molecular formula is C10H22N2O2. The maximum atomic E-state index is 11.0. The standard InChI is InChI=1S/C10H22N2O2/c1-4-12-10(14)7-11-6-9(13)5-8(2)3/h8-9,11,13H,4-7H2,1-3H3,(H,12,14). The number of rotatable bonds is 7. The van der Waals surface area contributed by atoms with Gasteiger partial charge in [-0.3, -0.25) is 4.79 Å². The first-order chi connectivity index (χ1) is 6.56. The first kappa shape index (κ1) is 13.4. The van der Waals surface area contributed by atoms with Crippen LogP contribution in [0.2, 0.25) is 0 Å². The minimum absolute atomic E-state index is 0.0238. The zero-order valence-electron chi connectivity index (χ0n) is 9.34. The van der Waals surface area contributed by atoms with Crippen LogP contribution in [0.1, 0.15) is 27.2 Å². The number of hydrogen-bond acceptors (Lipinski definition) is 3. The van der Waals surface area contributed by atoms with Crippen LogP contribution in [-0.2, 0) is 4.79 Å². The molecule has 3 N–H and O–H groups in total. The van der Waals surface area contributed by atoms with Gasteiger partial charge in [0.2, 0.25) is 5.91 Å². The molecule has 84 valence electrons. The van der Waals surface area contributed by atoms with E-state index in [-0.39, 0.29) is 18.6 Å². The monoisotopic (exact) mass is 202 g/mol. The Balaban J connectivity index is 3.39. The lowest BCUT2D eigenvalue weighted by Crippen LogP contribution is -2.37. The largest absolute Gasteiger partial charge is 0.392 e. The van der Waals surface area contributed by atoms with Gasteiger partial charge in [-0.25, -0.2) is 0 Å². The number of carbonyl (C=O) groups excluding carboxylic acids is 1. The Morgan fingerprint density at radius 3 is 2.57 bits per heavy atom. The summed E-state index contributed by atoms with van der Waals surface area (Å²) in [6.07, 6.45) is 0.409. The average molecular weight is 202 g/mol. The molecule has 0 spiro atoms. The molecular weight excluding hydrogens is 180 g/mol. The summed E-state index contributed by atoms with van der Waals surface area (Å²) in [5.41, 5.74) is 0. The minimum Gasteiger partial charge on any atom is -0.392 e. The lowest BCUT2D eigenvalue weighted by atomic mass is 10.1. The lowest BCUT2D eigenvalue weighted by molar-refractivity contribution is -0.120. The second kappa shape index (κ2) is 7.76. The summed E-state index contributed by atoms with van der Waals surface area (Å²) in [7, 11) is 0. The predicted octanol–water partition coefficient (Wildman–Crippen LogP) is 0.119. The van der Waals surface area contributed by atoms with E-state index in [4.69, 9.17) is 0 Å². The van der Waals surface area contributed by atoms with Crippen LogP contribution in [-0.4, -0.2) is 36.8 Å². The van der Waals surface area contributed by atoms with Crippen LogP contribution < -0.4 is 10.6 Å². The number of likely N-dealkylation sites (N-methyl/N-ethyl adjacent to an activating group) is 1. The first-order valence-corrected chi connectivity index (χ1v) is 5.21. The zero-order valence-corrected chi connectivity index (χ0v) is 9.34. The highest BCUT2D eigenvalue weighted by Crippen LogP contribution is 2.02. The van der Waals surface area contributed by atoms with Crippen LogP contribution in [0, 0.1) is 5.92 Å². The van der Waals surface area contributed by atoms with Gasteiger partial charge in [0.15, 0.2) is 0 Å². The molecule has 14 heavy (non-hydrogen) atoms. The summed E-state index contributed by atoms with van der Waals surface area (Å²) in [6, 6.07) is 0. The van der Waals surface area contributed by atoms with Crippen LogP contribution in [0.5, 0.6) is 0 Å². The Morgan fingerprint density at radius 2 is 2.07 bits per heavy atom. The second-order valence-electron chi connectivity index (χ2n) is 3.87. The maximum Gasteiger partial charge on any atom is 0.233 e. The molecule has 0 aliphatic heterocycles. The summed E-state index contributed by atoms with van der Waals surface area (Å²) in [6.45, 7) is 7.42. The summed E-state index contributed by atoms with van der Waals surface area (Å²) in [5.74, 6) is 0.459. The van der Waals surface area contributed by atoms with Gasteiger partial charge >= 0.3 is 0 Å². The van der Waals surface area contributed by atoms with E-state index in [0.29, 0.717) is 19.0 Å². The number of aliphatic hydroxyl groups excluding tert-OH is 1. The van der Waals surface area contributed by atoms with Gasteiger partial charge in [0.05, 0.1) is 12.6 Å². The van der Waals surface area contributed by atoms with Crippen molar-refractivity contribution >= 4 is 5.91 Å². The molecule has 0 saturated carbocycles. The molecule has 0 aromatic rings. The maximum absolute atomic E-state index is 11.0. The van der Waals surface area contributed by atoms with Gasteiger partial charge in [0.25, 0.3) is 0 Å². The van der Waals surface area contributed by atoms with Crippen molar-refractivity contribution in [3.63, 3.8) is 0 Å². The summed E-state index contributed by atoms with van der Waals surface area (Å²) >= 11 is 0. The van der Waals surface area contributed by atoms with Crippen LogP contribution in [0.25, 0.3) is 0 Å². The van der Waals surface area contributed by atoms with Gasteiger partial charge in [-0.2, -0.15) is 0 Å². The molecule has 0 aliphatic rings. The van der Waals surface area contributed by atoms with Crippen molar-refractivity contribution in [3.05, 3.63) is 0 Å². The Morgan fingerprint density at radius 1 is 1.43 bits per heavy atom. The van der Waals surface area contributed by atoms with Crippen LogP contribution in [0.3, 0.4) is 0 Å². The van der Waals surface area contributed by atoms with Crippen LogP contribution >= 0.6 is 0 Å². The molecule has 0 fully saturated rings. The summed E-state index contributed by atoms with van der Waals surface area (Å²) < 4.78 is 0. The molecule has 1 unspecified atom stereocenters. The Labute approximate surface area is 86.1 Å². The Bertz CT molecular complexity index is 160. The fourth-order valence-corrected chi connectivity index (χ4v) is 1.24. The lowest BCUT2D eigenvalue weighted by Gasteiger charge is -2.13. The molecule has 0 aromatic carbocycles. The smallest absolute Gasteiger partial charge is 0.233 e. The van der Waals surface area contributed by atoms with E-state index in [1.807, 2.05) is 6.92 Å². The van der Waals surface area contributed by atoms with Gasteiger partial charge in [-0.05, 0) is 19.3 Å². The van der Waals surface area contributed by atoms with Gasteiger partial charge in [-0.15, -0.1) is 0 Å². The SMILES string of the molecule is CCNC(=O)CNCC(O)CC(C)C. The highest BCUT2D eigenvalue weighted by atomic mass is 16.3. The first-order valence-electron chi connectivity index (χ1n) is 5.21. The third-order valence-corrected chi connectivity index (χ3v) is 1.78.